The molecule has 0 radical (unpaired) electrons. The molecule has 3 heterocycles. The maximum Gasteiger partial charge on any atom is 0.314 e. The Morgan fingerprint density at radius 1 is 0.652 bits per heavy atom. The van der Waals surface area contributed by atoms with Crippen LogP contribution in [0.3, 0.4) is 0 Å². The molecule has 2 N–H and O–H groups in total. The van der Waals surface area contributed by atoms with Crippen molar-refractivity contribution in [2.75, 3.05) is 54.4 Å². The summed E-state index contributed by atoms with van der Waals surface area (Å²) in [7, 11) is -7.58. The summed E-state index contributed by atoms with van der Waals surface area (Å²) in [5.74, 6) is -0.899. The Morgan fingerprint density at radius 3 is 1.39 bits per heavy atom. The molecule has 0 amide bonds. The van der Waals surface area contributed by atoms with Crippen LogP contribution in [0.1, 0.15) is 75.3 Å². The predicted octanol–water partition coefficient (Wildman–Crippen LogP) is 6.83. The molecule has 356 valence electrons. The third-order valence-corrected chi connectivity index (χ3v) is 15.8. The molecule has 2 aliphatic heterocycles. The van der Waals surface area contributed by atoms with Gasteiger partial charge in [0.05, 0.1) is 31.0 Å². The number of alkyl halides is 2. The van der Waals surface area contributed by atoms with Crippen LogP contribution in [-0.2, 0) is 33.5 Å². The van der Waals surface area contributed by atoms with Crippen molar-refractivity contribution in [1.29, 1.82) is 0 Å². The topological polar surface area (TPSA) is 170 Å². The van der Waals surface area contributed by atoms with Gasteiger partial charge in [-0.15, -0.1) is 10.2 Å². The molecule has 7 rings (SSSR count). The Labute approximate surface area is 388 Å². The highest BCUT2D eigenvalue weighted by atomic mass is 32.2. The van der Waals surface area contributed by atoms with Crippen molar-refractivity contribution in [2.45, 2.75) is 85.2 Å². The first-order valence-electron chi connectivity index (χ1n) is 22.2. The van der Waals surface area contributed by atoms with E-state index in [0.29, 0.717) is 48.7 Å². The van der Waals surface area contributed by atoms with E-state index in [2.05, 4.69) is 47.7 Å². The molecule has 4 aromatic carbocycles. The van der Waals surface area contributed by atoms with E-state index in [1.807, 2.05) is 38.1 Å². The van der Waals surface area contributed by atoms with Crippen LogP contribution in [0.2, 0.25) is 0 Å². The molecule has 19 heteroatoms. The van der Waals surface area contributed by atoms with Gasteiger partial charge in [-0.2, -0.15) is 34.2 Å². The fourth-order valence-electron chi connectivity index (χ4n) is 8.76. The van der Waals surface area contributed by atoms with Crippen molar-refractivity contribution >= 4 is 37.6 Å². The summed E-state index contributed by atoms with van der Waals surface area (Å²) in [4.78, 5) is 16.4. The van der Waals surface area contributed by atoms with Gasteiger partial charge in [0.2, 0.25) is 5.89 Å². The molecule has 0 unspecified atom stereocenters. The molecule has 5 aromatic rings. The molecule has 2 fully saturated rings. The number of rotatable bonds is 16. The minimum absolute atomic E-state index is 0.0174. The summed E-state index contributed by atoms with van der Waals surface area (Å²) < 4.78 is 91.8. The minimum atomic E-state index is -3.83. The zero-order valence-corrected chi connectivity index (χ0v) is 40.0. The first kappa shape index (κ1) is 50.3. The molecule has 15 nitrogen and oxygen atoms in total. The number of likely N-dealkylation sites (N-methyl/N-ethyl adjacent to an activating group) is 2. The maximum absolute atomic E-state index is 13.9. The highest BCUT2D eigenvalue weighted by Crippen LogP contribution is 2.30. The Kier molecular flexibility index (Phi) is 16.8. The number of benzene rings is 4. The fourth-order valence-corrected chi connectivity index (χ4v) is 12.3. The predicted molar refractivity (Wildman–Crippen MR) is 253 cm³/mol. The highest BCUT2D eigenvalue weighted by molar-refractivity contribution is 7.90. The molecule has 2 saturated heterocycles. The second-order valence-corrected chi connectivity index (χ2v) is 20.4. The number of para-hydroxylation sites is 2. The van der Waals surface area contributed by atoms with Gasteiger partial charge >= 0.3 is 26.8 Å². The summed E-state index contributed by atoms with van der Waals surface area (Å²) in [5, 5.41) is 7.01. The number of carbonyl (C=O) groups is 1. The first-order chi connectivity index (χ1) is 31.5. The van der Waals surface area contributed by atoms with Crippen LogP contribution < -0.4 is 14.3 Å². The van der Waals surface area contributed by atoms with Crippen LogP contribution in [0.25, 0.3) is 11.5 Å². The monoisotopic (exact) mass is 949 g/mol. The maximum atomic E-state index is 13.9. The van der Waals surface area contributed by atoms with E-state index in [4.69, 9.17) is 10.2 Å². The molecule has 0 aliphatic carbocycles. The molecular weight excluding hydrogens is 889 g/mol. The number of hydrogen-bond acceptors (Lipinski definition) is 11. The molecular formula is C47H61F2N9O6S2. The van der Waals surface area contributed by atoms with Gasteiger partial charge in [0, 0.05) is 61.5 Å². The standard InChI is InChI=1S/C24H29F2N5O3S.C23H32N4O3S/c1-4-30-17(2)14-29(15-18(30)3)35(32,33)31(21-8-6-5-7-9-21)16-19-10-12-20(13-11-19)23-27-28-24(34-23)22(25)26;1-4-26-18(2)15-25(16-19(26)3)31(29,30)27(22-8-6-5-7-9-22)17-20-10-12-21(13-11-20)23(28)14-24/h5-13,17-18,22H,4,14-16H2,1-3H3;5-13,18-19H,4,14-17,24H2,1-3H3/t17-,18+;18-,19+. The van der Waals surface area contributed by atoms with Crippen LogP contribution in [-0.4, -0.2) is 121 Å². The van der Waals surface area contributed by atoms with Crippen molar-refractivity contribution in [3.05, 3.63) is 132 Å². The van der Waals surface area contributed by atoms with E-state index in [-0.39, 0.29) is 55.5 Å². The van der Waals surface area contributed by atoms with Crippen LogP contribution in [0.4, 0.5) is 20.2 Å². The summed E-state index contributed by atoms with van der Waals surface area (Å²) in [6.45, 7) is 16.1. The van der Waals surface area contributed by atoms with E-state index in [0.717, 1.165) is 24.2 Å². The summed E-state index contributed by atoms with van der Waals surface area (Å²) in [5.41, 5.74) is 9.14. The molecule has 1 aromatic heterocycles. The van der Waals surface area contributed by atoms with Crippen molar-refractivity contribution in [3.63, 3.8) is 0 Å². The number of anilines is 2. The highest BCUT2D eigenvalue weighted by Gasteiger charge is 2.39. The molecule has 0 spiro atoms. The third-order valence-electron chi connectivity index (χ3n) is 12.1. The van der Waals surface area contributed by atoms with Crippen molar-refractivity contribution in [1.82, 2.24) is 28.6 Å². The van der Waals surface area contributed by atoms with Crippen LogP contribution in [0.15, 0.2) is 114 Å². The van der Waals surface area contributed by atoms with Gasteiger partial charge in [-0.05, 0) is 88.3 Å². The number of hydrogen-bond donors (Lipinski definition) is 1. The van der Waals surface area contributed by atoms with Crippen molar-refractivity contribution < 1.29 is 34.8 Å². The summed E-state index contributed by atoms with van der Waals surface area (Å²) in [6, 6.07) is 32.3. The quantitative estimate of drug-likeness (QED) is 0.103. The number of halogens is 2. The molecule has 0 bridgehead atoms. The van der Waals surface area contributed by atoms with Gasteiger partial charge in [-0.3, -0.25) is 23.2 Å². The lowest BCUT2D eigenvalue weighted by Crippen LogP contribution is -2.60. The van der Waals surface area contributed by atoms with E-state index >= 15 is 0 Å². The number of aromatic nitrogens is 2. The number of ketones is 1. The Morgan fingerprint density at radius 2 is 1.05 bits per heavy atom. The first-order valence-corrected chi connectivity index (χ1v) is 25.0. The lowest BCUT2D eigenvalue weighted by atomic mass is 10.1. The van der Waals surface area contributed by atoms with Crippen molar-refractivity contribution in [3.8, 4) is 11.5 Å². The average molecular weight is 950 g/mol. The number of piperazine rings is 2. The van der Waals surface area contributed by atoms with Gasteiger partial charge in [0.1, 0.15) is 0 Å². The minimum Gasteiger partial charge on any atom is -0.415 e. The molecule has 4 atom stereocenters. The smallest absolute Gasteiger partial charge is 0.314 e. The van der Waals surface area contributed by atoms with Gasteiger partial charge in [0.15, 0.2) is 5.78 Å². The third kappa shape index (κ3) is 11.7. The van der Waals surface area contributed by atoms with Crippen LogP contribution in [0, 0.1) is 0 Å². The molecule has 0 saturated carbocycles. The lowest BCUT2D eigenvalue weighted by molar-refractivity contribution is 0.0827. The van der Waals surface area contributed by atoms with Gasteiger partial charge in [-0.25, -0.2) is 0 Å². The van der Waals surface area contributed by atoms with Crippen LogP contribution in [0.5, 0.6) is 0 Å². The number of carbonyl (C=O) groups excluding carboxylic acids is 1. The Hall–Kier alpha value is -5.15. The summed E-state index contributed by atoms with van der Waals surface area (Å²) >= 11 is 0. The average Bonchev–Trinajstić information content (AvgIpc) is 3.82. The van der Waals surface area contributed by atoms with Crippen molar-refractivity contribution in [2.24, 2.45) is 5.73 Å². The Balaban J connectivity index is 0.000000220. The molecule has 2 aliphatic rings. The van der Waals surface area contributed by atoms with Gasteiger partial charge < -0.3 is 10.2 Å². The normalized spacial score (nSPS) is 20.2. The second kappa shape index (κ2) is 22.1. The van der Waals surface area contributed by atoms with E-state index < -0.39 is 32.7 Å². The largest absolute Gasteiger partial charge is 0.415 e. The fraction of sp³-hybridized carbons (Fsp3) is 0.426. The molecule has 66 heavy (non-hydrogen) atoms. The van der Waals surface area contributed by atoms with Crippen LogP contribution >= 0.6 is 0 Å². The van der Waals surface area contributed by atoms with E-state index in [1.165, 1.54) is 8.61 Å². The second-order valence-electron chi connectivity index (χ2n) is 16.7. The Bertz CT molecular complexity index is 2530. The number of nitrogens with zero attached hydrogens (tertiary/aromatic N) is 8. The number of Topliss-reactive ketones (excluding diaryl/α,β-unsaturated/α-hetero) is 1. The van der Waals surface area contributed by atoms with Gasteiger partial charge in [0.25, 0.3) is 5.89 Å². The zero-order chi connectivity index (χ0) is 47.8. The number of nitrogens with two attached hydrogens (primary N) is 1. The van der Waals surface area contributed by atoms with E-state index in [1.54, 1.807) is 93.5 Å². The van der Waals surface area contributed by atoms with Gasteiger partial charge in [-0.1, -0.05) is 86.6 Å². The lowest BCUT2D eigenvalue weighted by Gasteiger charge is -2.44. The SMILES string of the molecule is CCN1[C@H](C)CN(S(=O)(=O)N(Cc2ccc(-c3nnc(C(F)F)o3)cc2)c2ccccc2)C[C@@H]1C.CCN1[C@H](C)CN(S(=O)(=O)N(Cc2ccc(C(=O)CN)cc2)c2ccccc2)C[C@@H]1C. The van der Waals surface area contributed by atoms with E-state index in [9.17, 15) is 30.4 Å². The zero-order valence-electron chi connectivity index (χ0n) is 38.3. The summed E-state index contributed by atoms with van der Waals surface area (Å²) in [6.07, 6.45) is -2.84.